The van der Waals surface area contributed by atoms with Crippen LogP contribution in [-0.2, 0) is 4.79 Å². The van der Waals surface area contributed by atoms with Crippen molar-refractivity contribution in [1.82, 2.24) is 0 Å². The summed E-state index contributed by atoms with van der Waals surface area (Å²) in [5.41, 5.74) is 6.13. The third-order valence-corrected chi connectivity index (χ3v) is 2.98. The first-order chi connectivity index (χ1) is 9.50. The third kappa shape index (κ3) is 2.64. The molecule has 2 rings (SSSR count). The molecule has 20 heavy (non-hydrogen) atoms. The average Bonchev–Trinajstić information content (AvgIpc) is 2.44. The van der Waals surface area contributed by atoms with Gasteiger partial charge in [-0.1, -0.05) is 43.0 Å². The first-order valence-corrected chi connectivity index (χ1v) is 6.04. The second kappa shape index (κ2) is 5.48. The van der Waals surface area contributed by atoms with Gasteiger partial charge in [0.1, 0.15) is 0 Å². The molecule has 4 heteroatoms. The first-order valence-electron chi connectivity index (χ1n) is 6.04. The summed E-state index contributed by atoms with van der Waals surface area (Å²) in [5.74, 6) is -1.25. The van der Waals surface area contributed by atoms with Crippen LogP contribution in [0, 0.1) is 0 Å². The molecular formula is C16H13NO3. The van der Waals surface area contributed by atoms with E-state index >= 15 is 0 Å². The van der Waals surface area contributed by atoms with Gasteiger partial charge in [-0.3, -0.25) is 14.4 Å². The Hall–Kier alpha value is -2.75. The summed E-state index contributed by atoms with van der Waals surface area (Å²) in [6, 6.07) is 6.56. The predicted molar refractivity (Wildman–Crippen MR) is 75.3 cm³/mol. The lowest BCUT2D eigenvalue weighted by Crippen LogP contribution is -2.15. The van der Waals surface area contributed by atoms with Crippen LogP contribution in [0.1, 0.15) is 27.1 Å². The van der Waals surface area contributed by atoms with Crippen LogP contribution >= 0.6 is 0 Å². The molecule has 0 saturated carbocycles. The van der Waals surface area contributed by atoms with Crippen LogP contribution in [0.25, 0.3) is 0 Å². The van der Waals surface area contributed by atoms with Gasteiger partial charge in [0.25, 0.3) is 0 Å². The molecule has 0 fully saturated rings. The van der Waals surface area contributed by atoms with Crippen LogP contribution in [0.5, 0.6) is 0 Å². The van der Waals surface area contributed by atoms with E-state index in [1.807, 2.05) is 0 Å². The van der Waals surface area contributed by atoms with Gasteiger partial charge in [0.2, 0.25) is 5.91 Å². The first kappa shape index (κ1) is 13.7. The van der Waals surface area contributed by atoms with E-state index in [-0.39, 0.29) is 34.7 Å². The largest absolute Gasteiger partial charge is 0.366 e. The van der Waals surface area contributed by atoms with Gasteiger partial charge < -0.3 is 5.73 Å². The van der Waals surface area contributed by atoms with Crippen molar-refractivity contribution in [3.05, 3.63) is 71.3 Å². The smallest absolute Gasteiger partial charge is 0.248 e. The second-order valence-electron chi connectivity index (χ2n) is 4.39. The zero-order valence-corrected chi connectivity index (χ0v) is 10.8. The molecule has 100 valence electrons. The molecule has 1 amide bonds. The van der Waals surface area contributed by atoms with E-state index < -0.39 is 5.91 Å². The molecule has 1 aromatic rings. The topological polar surface area (TPSA) is 77.2 Å². The maximum atomic E-state index is 12.3. The van der Waals surface area contributed by atoms with Gasteiger partial charge >= 0.3 is 0 Å². The van der Waals surface area contributed by atoms with Crippen molar-refractivity contribution in [1.29, 1.82) is 0 Å². The molecule has 0 atom stereocenters. The Kier molecular flexibility index (Phi) is 3.75. The van der Waals surface area contributed by atoms with Crippen LogP contribution < -0.4 is 5.73 Å². The number of allylic oxidation sites excluding steroid dienone is 3. The summed E-state index contributed by atoms with van der Waals surface area (Å²) in [6.07, 6.45) is 4.43. The number of hydrogen-bond donors (Lipinski definition) is 1. The van der Waals surface area contributed by atoms with Crippen molar-refractivity contribution in [2.75, 3.05) is 0 Å². The summed E-state index contributed by atoms with van der Waals surface area (Å²) in [6.45, 7) is 3.65. The molecule has 2 N–H and O–H groups in total. The van der Waals surface area contributed by atoms with Crippen molar-refractivity contribution >= 4 is 17.5 Å². The highest BCUT2D eigenvalue weighted by atomic mass is 16.1. The number of carbonyl (C=O) groups is 3. The highest BCUT2D eigenvalue weighted by Gasteiger charge is 2.19. The molecule has 0 aromatic heterocycles. The molecule has 0 unspecified atom stereocenters. The second-order valence-corrected chi connectivity index (χ2v) is 4.39. The van der Waals surface area contributed by atoms with Gasteiger partial charge in [-0.2, -0.15) is 0 Å². The number of rotatable bonds is 1. The number of primary amides is 1. The summed E-state index contributed by atoms with van der Waals surface area (Å²) in [5, 5.41) is 0. The van der Waals surface area contributed by atoms with E-state index in [9.17, 15) is 14.4 Å². The Morgan fingerprint density at radius 1 is 1.15 bits per heavy atom. The number of benzene rings is 1. The zero-order valence-electron chi connectivity index (χ0n) is 10.8. The van der Waals surface area contributed by atoms with Crippen molar-refractivity contribution in [3.63, 3.8) is 0 Å². The fourth-order valence-corrected chi connectivity index (χ4v) is 1.95. The molecule has 0 saturated heterocycles. The normalized spacial score (nSPS) is 19.8. The lowest BCUT2D eigenvalue weighted by atomic mass is 9.93. The van der Waals surface area contributed by atoms with Gasteiger partial charge in [-0.25, -0.2) is 0 Å². The van der Waals surface area contributed by atoms with Crippen LogP contribution in [0.3, 0.4) is 0 Å². The number of amides is 1. The number of Topliss-reactive ketones (excluding diaryl/α,β-unsaturated/α-hetero) is 2. The minimum Gasteiger partial charge on any atom is -0.366 e. The summed E-state index contributed by atoms with van der Waals surface area (Å²) >= 11 is 0. The molecule has 0 radical (unpaired) electrons. The Morgan fingerprint density at radius 3 is 2.45 bits per heavy atom. The fourth-order valence-electron chi connectivity index (χ4n) is 1.95. The standard InChI is InChI=1S/C16H13NO3/c1-10-9-11(16(17)20)5-4-8-14(18)12-6-2-3-7-13(12)15(10)19/h2-7,9H,1,8H2,(H2,17,20)/b5-4-,11-9+. The molecule has 1 aromatic carbocycles. The molecule has 0 heterocycles. The van der Waals surface area contributed by atoms with Crippen molar-refractivity contribution in [3.8, 4) is 0 Å². The lowest BCUT2D eigenvalue weighted by Gasteiger charge is -2.09. The van der Waals surface area contributed by atoms with Crippen LogP contribution in [0.15, 0.2) is 60.2 Å². The van der Waals surface area contributed by atoms with E-state index in [0.29, 0.717) is 5.56 Å². The lowest BCUT2D eigenvalue weighted by molar-refractivity contribution is -0.114. The molecule has 1 aliphatic carbocycles. The highest BCUT2D eigenvalue weighted by Crippen LogP contribution is 2.18. The molecule has 0 spiro atoms. The molecule has 1 aliphatic rings. The van der Waals surface area contributed by atoms with Crippen LogP contribution in [0.4, 0.5) is 0 Å². The maximum Gasteiger partial charge on any atom is 0.248 e. The Morgan fingerprint density at radius 2 is 1.80 bits per heavy atom. The zero-order chi connectivity index (χ0) is 14.7. The number of hydrogen-bond acceptors (Lipinski definition) is 3. The van der Waals surface area contributed by atoms with Crippen molar-refractivity contribution in [2.45, 2.75) is 6.42 Å². The quantitative estimate of drug-likeness (QED) is 0.790. The predicted octanol–water partition coefficient (Wildman–Crippen LogP) is 1.98. The van der Waals surface area contributed by atoms with Gasteiger partial charge in [0.15, 0.2) is 11.6 Å². The minimum absolute atomic E-state index is 0.0986. The highest BCUT2D eigenvalue weighted by molar-refractivity contribution is 6.17. The summed E-state index contributed by atoms with van der Waals surface area (Å²) < 4.78 is 0. The van der Waals surface area contributed by atoms with Crippen molar-refractivity contribution in [2.24, 2.45) is 5.73 Å². The van der Waals surface area contributed by atoms with E-state index in [2.05, 4.69) is 6.58 Å². The molecule has 0 bridgehead atoms. The Labute approximate surface area is 116 Å². The Balaban J connectivity index is 2.59. The van der Waals surface area contributed by atoms with Gasteiger partial charge in [0.05, 0.1) is 0 Å². The summed E-state index contributed by atoms with van der Waals surface area (Å²) in [7, 11) is 0. The van der Waals surface area contributed by atoms with E-state index in [0.717, 1.165) is 0 Å². The van der Waals surface area contributed by atoms with E-state index in [1.54, 1.807) is 30.3 Å². The number of carbonyl (C=O) groups excluding carboxylic acids is 3. The van der Waals surface area contributed by atoms with Gasteiger partial charge in [0, 0.05) is 28.7 Å². The molecule has 4 nitrogen and oxygen atoms in total. The van der Waals surface area contributed by atoms with Crippen molar-refractivity contribution < 1.29 is 14.4 Å². The third-order valence-electron chi connectivity index (χ3n) is 2.98. The van der Waals surface area contributed by atoms with Crippen LogP contribution in [-0.4, -0.2) is 17.5 Å². The van der Waals surface area contributed by atoms with Crippen LogP contribution in [0.2, 0.25) is 0 Å². The maximum absolute atomic E-state index is 12.3. The van der Waals surface area contributed by atoms with Gasteiger partial charge in [-0.05, 0) is 6.08 Å². The number of nitrogens with two attached hydrogens (primary N) is 1. The average molecular weight is 267 g/mol. The van der Waals surface area contributed by atoms with E-state index in [1.165, 1.54) is 12.2 Å². The Bertz CT molecular complexity index is 681. The van der Waals surface area contributed by atoms with Gasteiger partial charge in [-0.15, -0.1) is 0 Å². The number of fused-ring (bicyclic) bond motifs is 1. The summed E-state index contributed by atoms with van der Waals surface area (Å²) in [4.78, 5) is 35.6. The minimum atomic E-state index is -0.670. The number of ketones is 2. The van der Waals surface area contributed by atoms with E-state index in [4.69, 9.17) is 5.73 Å². The monoisotopic (exact) mass is 267 g/mol. The SMILES string of the molecule is C=C1/C=C(C(N)=O)\C=C/CC(=O)c2ccccc2C1=O. The molecular weight excluding hydrogens is 254 g/mol. The molecule has 0 aliphatic heterocycles. The fraction of sp³-hybridized carbons (Fsp3) is 0.0625.